The molecule has 0 radical (unpaired) electrons. The number of carbonyl (C=O) groups is 1. The minimum Gasteiger partial charge on any atom is -0.356 e. The van der Waals surface area contributed by atoms with E-state index in [1.165, 1.54) is 20.7 Å². The Morgan fingerprint density at radius 3 is 0.842 bits per heavy atom. The first-order valence-corrected chi connectivity index (χ1v) is 17.3. The molecule has 4 aromatic rings. The van der Waals surface area contributed by atoms with Crippen LogP contribution in [0.1, 0.15) is 41.5 Å². The van der Waals surface area contributed by atoms with Gasteiger partial charge in [0.25, 0.3) is 6.03 Å². The molecular formula is C33H40N2OSi2. The third-order valence-electron chi connectivity index (χ3n) is 7.68. The van der Waals surface area contributed by atoms with Crippen LogP contribution in [-0.4, -0.2) is 22.5 Å². The van der Waals surface area contributed by atoms with E-state index in [1.807, 2.05) is 24.3 Å². The van der Waals surface area contributed by atoms with Gasteiger partial charge >= 0.3 is 0 Å². The largest absolute Gasteiger partial charge is 0.356 e. The third kappa shape index (κ3) is 5.01. The zero-order valence-corrected chi connectivity index (χ0v) is 25.5. The Balaban J connectivity index is 1.90. The molecule has 0 bridgehead atoms. The van der Waals surface area contributed by atoms with E-state index in [0.29, 0.717) is 0 Å². The molecular weight excluding hydrogens is 497 g/mol. The fourth-order valence-corrected chi connectivity index (χ4v) is 15.0. The van der Waals surface area contributed by atoms with E-state index in [4.69, 9.17) is 0 Å². The first kappa shape index (κ1) is 27.6. The zero-order chi connectivity index (χ0) is 27.4. The number of nitrogens with one attached hydrogen (secondary N) is 2. The van der Waals surface area contributed by atoms with Crippen LogP contribution in [0.25, 0.3) is 0 Å². The number of hydrogen-bond donors (Lipinski definition) is 2. The summed E-state index contributed by atoms with van der Waals surface area (Å²) < 4.78 is 0. The Morgan fingerprint density at radius 2 is 0.658 bits per heavy atom. The summed E-state index contributed by atoms with van der Waals surface area (Å²) in [7, 11) is -5.63. The lowest BCUT2D eigenvalue weighted by atomic mass is 10.2. The summed E-state index contributed by atoms with van der Waals surface area (Å²) in [6, 6.07) is 42.1. The summed E-state index contributed by atoms with van der Waals surface area (Å²) in [5.41, 5.74) is 0. The van der Waals surface area contributed by atoms with Gasteiger partial charge < -0.3 is 9.96 Å². The predicted molar refractivity (Wildman–Crippen MR) is 167 cm³/mol. The molecule has 4 rings (SSSR count). The second-order valence-electron chi connectivity index (χ2n) is 12.0. The van der Waals surface area contributed by atoms with Crippen molar-refractivity contribution in [1.82, 2.24) is 9.96 Å². The molecule has 0 unspecified atom stereocenters. The van der Waals surface area contributed by atoms with E-state index in [1.54, 1.807) is 0 Å². The Bertz CT molecular complexity index is 1150. The highest BCUT2D eigenvalue weighted by Gasteiger charge is 2.53. The van der Waals surface area contributed by atoms with Crippen LogP contribution in [0.3, 0.4) is 0 Å². The maximum absolute atomic E-state index is 14.5. The fraction of sp³-hybridized carbons (Fsp3) is 0.242. The van der Waals surface area contributed by atoms with Gasteiger partial charge in [-0.1, -0.05) is 163 Å². The lowest BCUT2D eigenvalue weighted by Gasteiger charge is -2.47. The monoisotopic (exact) mass is 536 g/mol. The third-order valence-corrected chi connectivity index (χ3v) is 18.2. The van der Waals surface area contributed by atoms with Crippen LogP contribution in [0, 0.1) is 0 Å². The molecule has 0 atom stereocenters. The molecule has 0 heterocycles. The maximum Gasteiger partial charge on any atom is 0.300 e. The molecule has 2 N–H and O–H groups in total. The minimum absolute atomic E-state index is 0.103. The topological polar surface area (TPSA) is 41.1 Å². The zero-order valence-electron chi connectivity index (χ0n) is 23.5. The van der Waals surface area contributed by atoms with E-state index >= 15 is 0 Å². The molecule has 5 heteroatoms. The van der Waals surface area contributed by atoms with Crippen LogP contribution in [0.15, 0.2) is 121 Å². The van der Waals surface area contributed by atoms with E-state index in [2.05, 4.69) is 149 Å². The summed E-state index contributed by atoms with van der Waals surface area (Å²) in [6.45, 7) is 13.5. The Morgan fingerprint density at radius 1 is 0.447 bits per heavy atom. The first-order chi connectivity index (χ1) is 18.0. The molecule has 0 saturated heterocycles. The number of amides is 2. The van der Waals surface area contributed by atoms with Crippen molar-refractivity contribution >= 4 is 43.2 Å². The molecule has 0 fully saturated rings. The van der Waals surface area contributed by atoms with Crippen LogP contribution in [0.4, 0.5) is 4.79 Å². The van der Waals surface area contributed by atoms with Gasteiger partial charge in [-0.3, -0.25) is 4.79 Å². The molecule has 0 aliphatic carbocycles. The molecule has 196 valence electrons. The summed E-state index contributed by atoms with van der Waals surface area (Å²) in [5.74, 6) is 0. The van der Waals surface area contributed by atoms with Crippen LogP contribution >= 0.6 is 0 Å². The summed E-state index contributed by atoms with van der Waals surface area (Å²) in [5, 5.41) is 4.37. The second-order valence-corrected chi connectivity index (χ2v) is 20.9. The van der Waals surface area contributed by atoms with Crippen molar-refractivity contribution in [2.45, 2.75) is 51.6 Å². The Labute approximate surface area is 230 Å². The summed E-state index contributed by atoms with van der Waals surface area (Å²) >= 11 is 0. The molecule has 38 heavy (non-hydrogen) atoms. The first-order valence-electron chi connectivity index (χ1n) is 13.3. The van der Waals surface area contributed by atoms with E-state index in [0.717, 1.165) is 0 Å². The lowest BCUT2D eigenvalue weighted by molar-refractivity contribution is 0.249. The molecule has 0 aliphatic rings. The maximum atomic E-state index is 14.5. The highest BCUT2D eigenvalue weighted by atomic mass is 28.3. The Hall–Kier alpha value is -3.42. The molecule has 0 aliphatic heterocycles. The van der Waals surface area contributed by atoms with Gasteiger partial charge in [0, 0.05) is 0 Å². The average Bonchev–Trinajstić information content (AvgIpc) is 2.91. The van der Waals surface area contributed by atoms with Crippen molar-refractivity contribution in [2.24, 2.45) is 0 Å². The van der Waals surface area contributed by atoms with Gasteiger partial charge in [0.15, 0.2) is 0 Å². The molecule has 3 nitrogen and oxygen atoms in total. The van der Waals surface area contributed by atoms with Gasteiger partial charge in [-0.25, -0.2) is 0 Å². The van der Waals surface area contributed by atoms with Crippen molar-refractivity contribution in [3.63, 3.8) is 0 Å². The fourth-order valence-electron chi connectivity index (χ4n) is 5.85. The standard InChI is InChI=1S/C33H40N2OSi2/c1-32(2,3)37(27-19-11-7-12-20-27,28-21-13-8-14-22-28)34-31(36)35-38(33(4,5)6,29-23-15-9-16-24-29)30-25-17-10-18-26-30/h7-26H,1-6H3,(H2,34,35,36). The van der Waals surface area contributed by atoms with Crippen molar-refractivity contribution < 1.29 is 4.79 Å². The van der Waals surface area contributed by atoms with E-state index < -0.39 is 16.5 Å². The van der Waals surface area contributed by atoms with Crippen LogP contribution in [0.2, 0.25) is 10.1 Å². The average molecular weight is 537 g/mol. The number of benzene rings is 4. The number of urea groups is 1. The SMILES string of the molecule is CC(C)(C)[Si](NC(=O)N[Si](c1ccccc1)(c1ccccc1)C(C)(C)C)(c1ccccc1)c1ccccc1. The van der Waals surface area contributed by atoms with Gasteiger partial charge in [-0.2, -0.15) is 0 Å². The van der Waals surface area contributed by atoms with Crippen molar-refractivity contribution in [3.8, 4) is 0 Å². The molecule has 0 saturated carbocycles. The molecule has 0 spiro atoms. The van der Waals surface area contributed by atoms with Gasteiger partial charge in [0.2, 0.25) is 16.5 Å². The normalized spacial score (nSPS) is 12.6. The summed E-state index contributed by atoms with van der Waals surface area (Å²) in [6.07, 6.45) is 0. The van der Waals surface area contributed by atoms with E-state index in [9.17, 15) is 4.79 Å². The quantitative estimate of drug-likeness (QED) is 0.318. The van der Waals surface area contributed by atoms with E-state index in [-0.39, 0.29) is 16.1 Å². The van der Waals surface area contributed by atoms with Crippen molar-refractivity contribution in [3.05, 3.63) is 121 Å². The molecule has 0 aromatic heterocycles. The van der Waals surface area contributed by atoms with Crippen LogP contribution in [-0.2, 0) is 0 Å². The van der Waals surface area contributed by atoms with Crippen LogP contribution in [0.5, 0.6) is 0 Å². The molecule has 4 aromatic carbocycles. The van der Waals surface area contributed by atoms with Crippen molar-refractivity contribution in [2.75, 3.05) is 0 Å². The van der Waals surface area contributed by atoms with Gasteiger partial charge in [-0.05, 0) is 30.8 Å². The molecule has 2 amide bonds. The lowest BCUT2D eigenvalue weighted by Crippen LogP contribution is -2.81. The van der Waals surface area contributed by atoms with Crippen LogP contribution < -0.4 is 30.7 Å². The van der Waals surface area contributed by atoms with Crippen molar-refractivity contribution in [1.29, 1.82) is 0 Å². The smallest absolute Gasteiger partial charge is 0.300 e. The number of hydrogen-bond acceptors (Lipinski definition) is 1. The second kappa shape index (κ2) is 10.8. The highest BCUT2D eigenvalue weighted by molar-refractivity contribution is 7.06. The minimum atomic E-state index is -2.81. The highest BCUT2D eigenvalue weighted by Crippen LogP contribution is 2.36. The van der Waals surface area contributed by atoms with Gasteiger partial charge in [0.05, 0.1) is 0 Å². The summed E-state index contributed by atoms with van der Waals surface area (Å²) in [4.78, 5) is 21.9. The number of carbonyl (C=O) groups excluding carboxylic acids is 1. The predicted octanol–water partition coefficient (Wildman–Crippen LogP) is 5.41. The van der Waals surface area contributed by atoms with Gasteiger partial charge in [0.1, 0.15) is 0 Å². The Kier molecular flexibility index (Phi) is 7.81. The van der Waals surface area contributed by atoms with Gasteiger partial charge in [-0.15, -0.1) is 0 Å². The number of rotatable bonds is 6.